The van der Waals surface area contributed by atoms with Crippen LogP contribution in [0, 0.1) is 0 Å². The molecule has 0 aliphatic carbocycles. The number of rotatable bonds is 4. The van der Waals surface area contributed by atoms with Crippen molar-refractivity contribution in [1.82, 2.24) is 20.3 Å². The molecule has 0 aliphatic rings. The molecule has 0 radical (unpaired) electrons. The van der Waals surface area contributed by atoms with Crippen LogP contribution in [0.15, 0.2) is 53.2 Å². The van der Waals surface area contributed by atoms with Crippen LogP contribution in [0.25, 0.3) is 11.3 Å². The first kappa shape index (κ1) is 14.7. The van der Waals surface area contributed by atoms with Crippen molar-refractivity contribution in [3.8, 4) is 11.5 Å². The third-order valence-corrected chi connectivity index (χ3v) is 3.43. The van der Waals surface area contributed by atoms with Gasteiger partial charge in [0.25, 0.3) is 0 Å². The fraction of sp³-hybridized carbons (Fsp3) is 0. The molecule has 4 N–H and O–H groups in total. The van der Waals surface area contributed by atoms with E-state index < -0.39 is 0 Å². The number of aromatic hydroxyl groups is 2. The first-order valence-corrected chi connectivity index (χ1v) is 7.31. The summed E-state index contributed by atoms with van der Waals surface area (Å²) in [5, 5.41) is 33.2. The Balaban J connectivity index is 1.78. The molecule has 0 aliphatic heterocycles. The van der Waals surface area contributed by atoms with Gasteiger partial charge in [0.15, 0.2) is 11.6 Å². The maximum absolute atomic E-state index is 9.95. The number of nitrogens with zero attached hydrogens (tertiary/aromatic N) is 4. The molecule has 0 saturated heterocycles. The molecule has 9 nitrogen and oxygen atoms in total. The van der Waals surface area contributed by atoms with Crippen LogP contribution in [0.2, 0.25) is 0 Å². The summed E-state index contributed by atoms with van der Waals surface area (Å²) < 4.78 is 4.64. The second-order valence-electron chi connectivity index (χ2n) is 5.12. The third-order valence-electron chi connectivity index (χ3n) is 3.43. The zero-order valence-corrected chi connectivity index (χ0v) is 12.7. The van der Waals surface area contributed by atoms with Crippen molar-refractivity contribution >= 4 is 34.3 Å². The van der Waals surface area contributed by atoms with Gasteiger partial charge in [0, 0.05) is 0 Å². The zero-order valence-electron chi connectivity index (χ0n) is 12.7. The molecule has 4 aromatic rings. The van der Waals surface area contributed by atoms with Gasteiger partial charge in [-0.25, -0.2) is 14.6 Å². The number of nitrogens with one attached hydrogen (secondary N) is 2. The Morgan fingerprint density at radius 2 is 1.12 bits per heavy atom. The second-order valence-corrected chi connectivity index (χ2v) is 5.12. The summed E-state index contributed by atoms with van der Waals surface area (Å²) in [5.74, 6) is 0.674. The lowest BCUT2D eigenvalue weighted by Gasteiger charge is -2.13. The van der Waals surface area contributed by atoms with Crippen LogP contribution in [-0.4, -0.2) is 30.5 Å². The Morgan fingerprint density at radius 1 is 0.680 bits per heavy atom. The van der Waals surface area contributed by atoms with Gasteiger partial charge in [-0.1, -0.05) is 24.3 Å². The van der Waals surface area contributed by atoms with Crippen molar-refractivity contribution in [2.45, 2.75) is 0 Å². The van der Waals surface area contributed by atoms with Gasteiger partial charge in [-0.05, 0) is 34.6 Å². The van der Waals surface area contributed by atoms with E-state index >= 15 is 0 Å². The van der Waals surface area contributed by atoms with Crippen molar-refractivity contribution < 1.29 is 14.8 Å². The monoisotopic (exact) mass is 336 g/mol. The molecule has 0 fully saturated rings. The van der Waals surface area contributed by atoms with E-state index in [1.165, 1.54) is 0 Å². The molecule has 2 heterocycles. The standard InChI is InChI=1S/C16H12N6O3/c23-11-7-3-1-5-9(11)17-13-14(18-10-6-2-4-8-12(10)24)20-16-15(19-13)21-25-22-16/h1-8,23-24H,(H,17,19,21)(H,18,20,22). The van der Waals surface area contributed by atoms with Crippen LogP contribution in [-0.2, 0) is 0 Å². The van der Waals surface area contributed by atoms with E-state index in [9.17, 15) is 10.2 Å². The van der Waals surface area contributed by atoms with E-state index in [-0.39, 0.29) is 34.4 Å². The first-order chi connectivity index (χ1) is 12.2. The summed E-state index contributed by atoms with van der Waals surface area (Å²) in [7, 11) is 0. The average Bonchev–Trinajstić information content (AvgIpc) is 3.06. The highest BCUT2D eigenvalue weighted by Gasteiger charge is 2.15. The lowest BCUT2D eigenvalue weighted by molar-refractivity contribution is 0.314. The van der Waals surface area contributed by atoms with Gasteiger partial charge in [0.1, 0.15) is 11.5 Å². The summed E-state index contributed by atoms with van der Waals surface area (Å²) in [5.41, 5.74) is 1.29. The van der Waals surface area contributed by atoms with Crippen LogP contribution in [0.5, 0.6) is 11.5 Å². The molecule has 0 spiro atoms. The molecule has 0 bridgehead atoms. The number of anilines is 4. The number of hydrogen-bond donors (Lipinski definition) is 4. The largest absolute Gasteiger partial charge is 0.506 e. The van der Waals surface area contributed by atoms with Gasteiger partial charge in [-0.3, -0.25) is 0 Å². The zero-order chi connectivity index (χ0) is 17.2. The van der Waals surface area contributed by atoms with Gasteiger partial charge < -0.3 is 20.8 Å². The van der Waals surface area contributed by atoms with Gasteiger partial charge in [-0.15, -0.1) is 0 Å². The summed E-state index contributed by atoms with van der Waals surface area (Å²) in [6.45, 7) is 0. The minimum Gasteiger partial charge on any atom is -0.506 e. The van der Waals surface area contributed by atoms with Gasteiger partial charge in [0.2, 0.25) is 11.3 Å². The lowest BCUT2D eigenvalue weighted by Crippen LogP contribution is -2.03. The van der Waals surface area contributed by atoms with Gasteiger partial charge in [0.05, 0.1) is 11.4 Å². The molecule has 4 rings (SSSR count). The SMILES string of the molecule is Oc1ccccc1Nc1nc2nonc2nc1Nc1ccccc1O. The number of fused-ring (bicyclic) bond motifs is 1. The molecular formula is C16H12N6O3. The van der Waals surface area contributed by atoms with Crippen molar-refractivity contribution in [2.24, 2.45) is 0 Å². The summed E-state index contributed by atoms with van der Waals surface area (Å²) in [6, 6.07) is 13.4. The van der Waals surface area contributed by atoms with Crippen LogP contribution in [0.1, 0.15) is 0 Å². The number of benzene rings is 2. The Bertz CT molecular complexity index is 967. The number of aromatic nitrogens is 4. The highest BCUT2D eigenvalue weighted by Crippen LogP contribution is 2.32. The smallest absolute Gasteiger partial charge is 0.245 e. The summed E-state index contributed by atoms with van der Waals surface area (Å²) >= 11 is 0. The molecule has 124 valence electrons. The molecule has 0 amide bonds. The Morgan fingerprint density at radius 3 is 1.56 bits per heavy atom. The highest BCUT2D eigenvalue weighted by molar-refractivity contribution is 5.81. The molecular weight excluding hydrogens is 324 g/mol. The van der Waals surface area contributed by atoms with Crippen molar-refractivity contribution in [2.75, 3.05) is 10.6 Å². The van der Waals surface area contributed by atoms with Crippen molar-refractivity contribution in [3.05, 3.63) is 48.5 Å². The third kappa shape index (κ3) is 2.85. The quantitative estimate of drug-likeness (QED) is 0.416. The number of phenols is 2. The Kier molecular flexibility index (Phi) is 3.51. The fourth-order valence-corrected chi connectivity index (χ4v) is 2.23. The molecule has 9 heteroatoms. The number of para-hydroxylation sites is 4. The van der Waals surface area contributed by atoms with Crippen molar-refractivity contribution in [3.63, 3.8) is 0 Å². The molecule has 0 atom stereocenters. The Labute approximate surface area is 140 Å². The average molecular weight is 336 g/mol. The predicted octanol–water partition coefficient (Wildman–Crippen LogP) is 2.91. The van der Waals surface area contributed by atoms with Gasteiger partial charge >= 0.3 is 0 Å². The normalized spacial score (nSPS) is 10.7. The van der Waals surface area contributed by atoms with E-state index in [0.717, 1.165) is 0 Å². The maximum atomic E-state index is 9.95. The van der Waals surface area contributed by atoms with E-state index in [4.69, 9.17) is 0 Å². The topological polar surface area (TPSA) is 129 Å². The van der Waals surface area contributed by atoms with Crippen molar-refractivity contribution in [1.29, 1.82) is 0 Å². The van der Waals surface area contributed by atoms with E-state index in [0.29, 0.717) is 11.4 Å². The second kappa shape index (κ2) is 5.96. The lowest BCUT2D eigenvalue weighted by atomic mass is 10.3. The molecule has 25 heavy (non-hydrogen) atoms. The fourth-order valence-electron chi connectivity index (χ4n) is 2.23. The predicted molar refractivity (Wildman–Crippen MR) is 90.2 cm³/mol. The van der Waals surface area contributed by atoms with Crippen LogP contribution in [0.3, 0.4) is 0 Å². The maximum Gasteiger partial charge on any atom is 0.245 e. The molecule has 0 saturated carbocycles. The van der Waals surface area contributed by atoms with Gasteiger partial charge in [-0.2, -0.15) is 0 Å². The first-order valence-electron chi connectivity index (χ1n) is 7.31. The van der Waals surface area contributed by atoms with Crippen LogP contribution < -0.4 is 10.6 Å². The van der Waals surface area contributed by atoms with Crippen LogP contribution >= 0.6 is 0 Å². The number of phenolic OH excluding ortho intramolecular Hbond substituents is 2. The highest BCUT2D eigenvalue weighted by atomic mass is 16.6. The minimum atomic E-state index is 0.0520. The Hall–Kier alpha value is -3.88. The molecule has 2 aromatic heterocycles. The van der Waals surface area contributed by atoms with E-state index in [1.807, 2.05) is 0 Å². The van der Waals surface area contributed by atoms with E-state index in [1.54, 1.807) is 48.5 Å². The summed E-state index contributed by atoms with van der Waals surface area (Å²) in [4.78, 5) is 8.60. The molecule has 2 aromatic carbocycles. The minimum absolute atomic E-state index is 0.0520. The number of hydrogen-bond acceptors (Lipinski definition) is 9. The molecule has 0 unspecified atom stereocenters. The summed E-state index contributed by atoms with van der Waals surface area (Å²) in [6.07, 6.45) is 0. The van der Waals surface area contributed by atoms with E-state index in [2.05, 4.69) is 35.5 Å². The van der Waals surface area contributed by atoms with Crippen LogP contribution in [0.4, 0.5) is 23.0 Å².